The van der Waals surface area contributed by atoms with Crippen molar-refractivity contribution in [3.05, 3.63) is 35.9 Å². The molecule has 2 fully saturated rings. The Hall–Kier alpha value is -2.81. The Kier molecular flexibility index (Phi) is 7.84. The third-order valence-electron chi connectivity index (χ3n) is 6.02. The van der Waals surface area contributed by atoms with Gasteiger partial charge in [-0.1, -0.05) is 30.3 Å². The molecule has 0 spiro atoms. The highest BCUT2D eigenvalue weighted by Gasteiger charge is 2.41. The number of ether oxygens (including phenoxy) is 3. The van der Waals surface area contributed by atoms with E-state index in [-0.39, 0.29) is 25.2 Å². The Morgan fingerprint density at radius 1 is 0.970 bits per heavy atom. The Balaban J connectivity index is 1.48. The van der Waals surface area contributed by atoms with Crippen LogP contribution < -0.4 is 0 Å². The zero-order valence-electron chi connectivity index (χ0n) is 20.0. The van der Waals surface area contributed by atoms with Gasteiger partial charge in [-0.05, 0) is 39.2 Å². The van der Waals surface area contributed by atoms with Crippen LogP contribution in [0.3, 0.4) is 0 Å². The lowest BCUT2D eigenvalue weighted by molar-refractivity contribution is -0.143. The highest BCUT2D eigenvalue weighted by atomic mass is 16.6. The first-order valence-corrected chi connectivity index (χ1v) is 11.4. The summed E-state index contributed by atoms with van der Waals surface area (Å²) in [5, 5.41) is 0. The predicted octanol–water partition coefficient (Wildman–Crippen LogP) is 2.88. The number of benzene rings is 1. The topological polar surface area (TPSA) is 88.6 Å². The standard InChI is InChI=1S/C24H35N3O6/c1-23(2,3)33-22(30)25-12-10-24(31-4,11-13-25)18-27-15-14-26(16-20(27)28)21(29)32-17-19-8-6-5-7-9-19/h5-9H,10-18H2,1-4H3. The second-order valence-electron chi connectivity index (χ2n) is 9.63. The van der Waals surface area contributed by atoms with E-state index in [4.69, 9.17) is 14.2 Å². The zero-order chi connectivity index (χ0) is 24.1. The van der Waals surface area contributed by atoms with Crippen molar-refractivity contribution in [2.75, 3.05) is 46.4 Å². The normalized spacial score (nSPS) is 18.8. The smallest absolute Gasteiger partial charge is 0.410 e. The summed E-state index contributed by atoms with van der Waals surface area (Å²) in [6.07, 6.45) is 0.398. The first kappa shape index (κ1) is 24.8. The first-order chi connectivity index (χ1) is 15.6. The third-order valence-corrected chi connectivity index (χ3v) is 6.02. The number of hydrogen-bond acceptors (Lipinski definition) is 6. The summed E-state index contributed by atoms with van der Waals surface area (Å²) in [5.74, 6) is -0.135. The molecule has 0 radical (unpaired) electrons. The average Bonchev–Trinajstić information content (AvgIpc) is 2.78. The zero-order valence-corrected chi connectivity index (χ0v) is 20.0. The molecule has 182 valence electrons. The van der Waals surface area contributed by atoms with Crippen LogP contribution in [0.15, 0.2) is 30.3 Å². The molecule has 1 aromatic rings. The van der Waals surface area contributed by atoms with Crippen molar-refractivity contribution < 1.29 is 28.6 Å². The van der Waals surface area contributed by atoms with Crippen LogP contribution in [0.4, 0.5) is 9.59 Å². The molecule has 3 rings (SSSR count). The van der Waals surface area contributed by atoms with Gasteiger partial charge in [-0.25, -0.2) is 9.59 Å². The Morgan fingerprint density at radius 3 is 2.21 bits per heavy atom. The molecule has 9 nitrogen and oxygen atoms in total. The molecular weight excluding hydrogens is 426 g/mol. The van der Waals surface area contributed by atoms with E-state index in [0.717, 1.165) is 5.56 Å². The molecule has 0 saturated carbocycles. The Morgan fingerprint density at radius 2 is 1.64 bits per heavy atom. The van der Waals surface area contributed by atoms with Crippen LogP contribution in [0, 0.1) is 0 Å². The van der Waals surface area contributed by atoms with Crippen molar-refractivity contribution in [2.24, 2.45) is 0 Å². The average molecular weight is 462 g/mol. The summed E-state index contributed by atoms with van der Waals surface area (Å²) >= 11 is 0. The maximum Gasteiger partial charge on any atom is 0.410 e. The number of carbonyl (C=O) groups is 3. The molecule has 2 aliphatic rings. The monoisotopic (exact) mass is 461 g/mol. The quantitative estimate of drug-likeness (QED) is 0.670. The number of piperazine rings is 1. The van der Waals surface area contributed by atoms with Crippen molar-refractivity contribution >= 4 is 18.1 Å². The molecule has 1 aromatic carbocycles. The van der Waals surface area contributed by atoms with Crippen LogP contribution in [0.1, 0.15) is 39.2 Å². The molecule has 2 heterocycles. The lowest BCUT2D eigenvalue weighted by atomic mass is 9.90. The minimum atomic E-state index is -0.540. The van der Waals surface area contributed by atoms with Gasteiger partial charge in [0, 0.05) is 39.8 Å². The summed E-state index contributed by atoms with van der Waals surface area (Å²) in [6, 6.07) is 9.44. The highest BCUT2D eigenvalue weighted by Crippen LogP contribution is 2.28. The van der Waals surface area contributed by atoms with Crippen molar-refractivity contribution in [3.8, 4) is 0 Å². The summed E-state index contributed by atoms with van der Waals surface area (Å²) < 4.78 is 16.7. The summed E-state index contributed by atoms with van der Waals surface area (Å²) in [7, 11) is 1.64. The van der Waals surface area contributed by atoms with E-state index in [1.807, 2.05) is 51.1 Å². The van der Waals surface area contributed by atoms with Crippen LogP contribution in [-0.4, -0.2) is 90.4 Å². The number of carbonyl (C=O) groups excluding carboxylic acids is 3. The third kappa shape index (κ3) is 6.83. The lowest BCUT2D eigenvalue weighted by Crippen LogP contribution is -2.59. The van der Waals surface area contributed by atoms with Crippen LogP contribution in [0.5, 0.6) is 0 Å². The molecule has 9 heteroatoms. The molecule has 3 amide bonds. The number of piperidine rings is 1. The van der Waals surface area contributed by atoms with E-state index in [1.54, 1.807) is 16.9 Å². The van der Waals surface area contributed by atoms with Crippen LogP contribution in [0.2, 0.25) is 0 Å². The molecule has 0 N–H and O–H groups in total. The van der Waals surface area contributed by atoms with E-state index in [1.165, 1.54) is 4.90 Å². The second kappa shape index (κ2) is 10.4. The first-order valence-electron chi connectivity index (χ1n) is 11.4. The molecule has 0 aromatic heterocycles. The van der Waals surface area contributed by atoms with Crippen molar-refractivity contribution in [1.82, 2.24) is 14.7 Å². The SMILES string of the molecule is COC1(CN2CCN(C(=O)OCc3ccccc3)CC2=O)CCN(C(=O)OC(C)(C)C)CC1. The van der Waals surface area contributed by atoms with Gasteiger partial charge < -0.3 is 24.0 Å². The van der Waals surface area contributed by atoms with Crippen LogP contribution in [-0.2, 0) is 25.6 Å². The number of amides is 3. The fourth-order valence-electron chi connectivity index (χ4n) is 4.04. The number of likely N-dealkylation sites (tertiary alicyclic amines) is 1. The van der Waals surface area contributed by atoms with Gasteiger partial charge in [0.25, 0.3) is 0 Å². The maximum absolute atomic E-state index is 12.8. The summed E-state index contributed by atoms with van der Waals surface area (Å²) in [6.45, 7) is 7.95. The maximum atomic E-state index is 12.8. The number of hydrogen-bond donors (Lipinski definition) is 0. The van der Waals surface area contributed by atoms with Gasteiger partial charge in [0.1, 0.15) is 18.8 Å². The van der Waals surface area contributed by atoms with Crippen LogP contribution in [0.25, 0.3) is 0 Å². The van der Waals surface area contributed by atoms with Crippen molar-refractivity contribution in [2.45, 2.75) is 51.4 Å². The van der Waals surface area contributed by atoms with Gasteiger partial charge in [-0.3, -0.25) is 9.69 Å². The van der Waals surface area contributed by atoms with Gasteiger partial charge >= 0.3 is 12.2 Å². The summed E-state index contributed by atoms with van der Waals surface area (Å²) in [4.78, 5) is 42.4. The van der Waals surface area contributed by atoms with Gasteiger partial charge in [-0.2, -0.15) is 0 Å². The molecule has 2 saturated heterocycles. The Bertz CT molecular complexity index is 830. The fourth-order valence-corrected chi connectivity index (χ4v) is 4.04. The number of nitrogens with zero attached hydrogens (tertiary/aromatic N) is 3. The van der Waals surface area contributed by atoms with Crippen LogP contribution >= 0.6 is 0 Å². The summed E-state index contributed by atoms with van der Waals surface area (Å²) in [5.41, 5.74) is -0.165. The predicted molar refractivity (Wildman–Crippen MR) is 122 cm³/mol. The van der Waals surface area contributed by atoms with Gasteiger partial charge in [-0.15, -0.1) is 0 Å². The molecule has 33 heavy (non-hydrogen) atoms. The molecule has 0 bridgehead atoms. The molecular formula is C24H35N3O6. The fraction of sp³-hybridized carbons (Fsp3) is 0.625. The van der Waals surface area contributed by atoms with Gasteiger partial charge in [0.05, 0.1) is 5.60 Å². The van der Waals surface area contributed by atoms with E-state index in [9.17, 15) is 14.4 Å². The Labute approximate surface area is 195 Å². The van der Waals surface area contributed by atoms with Crippen molar-refractivity contribution in [3.63, 3.8) is 0 Å². The van der Waals surface area contributed by atoms with E-state index in [0.29, 0.717) is 45.6 Å². The van der Waals surface area contributed by atoms with E-state index >= 15 is 0 Å². The lowest BCUT2D eigenvalue weighted by Gasteiger charge is -2.44. The highest BCUT2D eigenvalue weighted by molar-refractivity contribution is 5.83. The molecule has 0 unspecified atom stereocenters. The molecule has 0 aliphatic carbocycles. The van der Waals surface area contributed by atoms with E-state index in [2.05, 4.69) is 0 Å². The van der Waals surface area contributed by atoms with Gasteiger partial charge in [0.2, 0.25) is 5.91 Å². The number of methoxy groups -OCH3 is 1. The van der Waals surface area contributed by atoms with Crippen molar-refractivity contribution in [1.29, 1.82) is 0 Å². The van der Waals surface area contributed by atoms with E-state index < -0.39 is 17.3 Å². The number of rotatable bonds is 5. The molecule has 2 aliphatic heterocycles. The van der Waals surface area contributed by atoms with Gasteiger partial charge in [0.15, 0.2) is 0 Å². The largest absolute Gasteiger partial charge is 0.445 e. The second-order valence-corrected chi connectivity index (χ2v) is 9.63. The minimum Gasteiger partial charge on any atom is -0.445 e. The minimum absolute atomic E-state index is 0.0164. The molecule has 0 atom stereocenters.